The van der Waals surface area contributed by atoms with Gasteiger partial charge < -0.3 is 0 Å². The zero-order chi connectivity index (χ0) is 12.9. The molecule has 1 aliphatic carbocycles. The van der Waals surface area contributed by atoms with Gasteiger partial charge in [0.2, 0.25) is 0 Å². The molecular weight excluding hydrogens is 346 g/mol. The molecule has 18 heavy (non-hydrogen) atoms. The van der Waals surface area contributed by atoms with Crippen LogP contribution in [0.1, 0.15) is 26.2 Å². The standard InChI is InChI=1S/C13H17NO3Te/c1-7-9-13(12(17)14-9,18-11(7)16)10(15)8-5-3-2-4-6-8/h3,5,7-10,15H,2,4,6H2,1H3,(H,14,17)/t7?,8?,9-,10-,13-/m0/s1. The van der Waals surface area contributed by atoms with Gasteiger partial charge in [-0.25, -0.2) is 0 Å². The number of aliphatic hydroxyl groups is 1. The van der Waals surface area contributed by atoms with Crippen molar-refractivity contribution in [3.8, 4) is 0 Å². The van der Waals surface area contributed by atoms with Crippen molar-refractivity contribution in [2.75, 3.05) is 0 Å². The van der Waals surface area contributed by atoms with Gasteiger partial charge in [-0.05, 0) is 0 Å². The molecule has 4 nitrogen and oxygen atoms in total. The number of carbonyl (C=O) groups is 2. The first-order valence-electron chi connectivity index (χ1n) is 6.46. The summed E-state index contributed by atoms with van der Waals surface area (Å²) in [7, 11) is 0. The number of rotatable bonds is 2. The van der Waals surface area contributed by atoms with Gasteiger partial charge in [0.1, 0.15) is 0 Å². The van der Waals surface area contributed by atoms with Gasteiger partial charge in [0.05, 0.1) is 0 Å². The number of hydrogen-bond donors (Lipinski definition) is 2. The van der Waals surface area contributed by atoms with Crippen LogP contribution >= 0.6 is 0 Å². The van der Waals surface area contributed by atoms with Crippen LogP contribution < -0.4 is 5.32 Å². The van der Waals surface area contributed by atoms with Crippen molar-refractivity contribution < 1.29 is 14.7 Å². The molecule has 1 amide bonds. The van der Waals surface area contributed by atoms with E-state index in [1.165, 1.54) is 0 Å². The van der Waals surface area contributed by atoms with Crippen LogP contribution in [-0.4, -0.2) is 47.9 Å². The van der Waals surface area contributed by atoms with Crippen LogP contribution in [0.3, 0.4) is 0 Å². The number of fused-ring (bicyclic) bond motifs is 1. The molecule has 0 aromatic rings. The third-order valence-corrected chi connectivity index (χ3v) is 8.92. The molecule has 5 atom stereocenters. The molecule has 5 heteroatoms. The Bertz CT molecular complexity index is 436. The number of nitrogens with one attached hydrogen (secondary N) is 1. The van der Waals surface area contributed by atoms with Crippen LogP contribution in [0.25, 0.3) is 0 Å². The molecule has 2 fully saturated rings. The summed E-state index contributed by atoms with van der Waals surface area (Å²) in [5.41, 5.74) is 0. The first-order chi connectivity index (χ1) is 8.57. The average molecular weight is 363 g/mol. The monoisotopic (exact) mass is 365 g/mol. The van der Waals surface area contributed by atoms with Crippen LogP contribution in [-0.2, 0) is 9.59 Å². The Morgan fingerprint density at radius 3 is 2.89 bits per heavy atom. The third kappa shape index (κ3) is 1.54. The van der Waals surface area contributed by atoms with E-state index in [9.17, 15) is 14.7 Å². The minimum absolute atomic E-state index is 0.0514. The number of amides is 1. The van der Waals surface area contributed by atoms with Gasteiger partial charge in [-0.1, -0.05) is 0 Å². The van der Waals surface area contributed by atoms with E-state index < -0.39 is 30.5 Å². The van der Waals surface area contributed by atoms with Crippen molar-refractivity contribution in [1.82, 2.24) is 5.32 Å². The molecule has 0 radical (unpaired) electrons. The fourth-order valence-corrected chi connectivity index (χ4v) is 7.48. The Morgan fingerprint density at radius 2 is 2.33 bits per heavy atom. The molecule has 0 saturated carbocycles. The van der Waals surface area contributed by atoms with Crippen molar-refractivity contribution in [1.29, 1.82) is 0 Å². The second kappa shape index (κ2) is 4.33. The van der Waals surface area contributed by atoms with Gasteiger partial charge in [0, 0.05) is 0 Å². The topological polar surface area (TPSA) is 66.4 Å². The summed E-state index contributed by atoms with van der Waals surface area (Å²) >= 11 is -1.11. The molecule has 3 rings (SSSR count). The normalized spacial score (nSPS) is 44.2. The Labute approximate surface area is 116 Å². The molecular formula is C13H17NO3Te. The van der Waals surface area contributed by atoms with E-state index in [0.717, 1.165) is 19.3 Å². The van der Waals surface area contributed by atoms with E-state index in [0.29, 0.717) is 0 Å². The van der Waals surface area contributed by atoms with Gasteiger partial charge in [0.25, 0.3) is 0 Å². The number of hydrogen-bond acceptors (Lipinski definition) is 3. The maximum absolute atomic E-state index is 12.0. The van der Waals surface area contributed by atoms with E-state index in [-0.39, 0.29) is 27.6 Å². The molecule has 0 spiro atoms. The maximum atomic E-state index is 12.0. The Balaban J connectivity index is 1.89. The molecule has 2 unspecified atom stereocenters. The molecule has 3 aliphatic rings. The van der Waals surface area contributed by atoms with Crippen LogP contribution in [0.15, 0.2) is 12.2 Å². The van der Waals surface area contributed by atoms with Crippen LogP contribution in [0.4, 0.5) is 0 Å². The van der Waals surface area contributed by atoms with E-state index in [1.807, 2.05) is 13.0 Å². The summed E-state index contributed by atoms with van der Waals surface area (Å²) in [6.45, 7) is 1.88. The zero-order valence-electron chi connectivity index (χ0n) is 10.3. The van der Waals surface area contributed by atoms with Gasteiger partial charge in [0.15, 0.2) is 0 Å². The molecule has 2 N–H and O–H groups in total. The summed E-state index contributed by atoms with van der Waals surface area (Å²) in [4.78, 5) is 23.9. The summed E-state index contributed by atoms with van der Waals surface area (Å²) in [6, 6.07) is -0.106. The summed E-state index contributed by atoms with van der Waals surface area (Å²) in [5.74, 6) is -0.137. The Hall–Kier alpha value is -0.370. The summed E-state index contributed by atoms with van der Waals surface area (Å²) in [6.07, 6.45) is 6.49. The molecule has 0 aromatic heterocycles. The summed E-state index contributed by atoms with van der Waals surface area (Å²) < 4.78 is -0.490. The Morgan fingerprint density at radius 1 is 1.56 bits per heavy atom. The van der Waals surface area contributed by atoms with Crippen LogP contribution in [0.5, 0.6) is 0 Å². The molecule has 2 aliphatic heterocycles. The first kappa shape index (κ1) is 12.7. The van der Waals surface area contributed by atoms with Gasteiger partial charge in [-0.2, -0.15) is 0 Å². The van der Waals surface area contributed by atoms with Crippen LogP contribution in [0, 0.1) is 11.8 Å². The fraction of sp³-hybridized carbons (Fsp3) is 0.692. The molecule has 2 heterocycles. The SMILES string of the molecule is CC1C(=O)[Te][C@@]2([C@@H](O)C3C=CCCC3)C(=O)N[C@@H]12. The first-order valence-corrected chi connectivity index (χ1v) is 8.79. The Kier molecular flexibility index (Phi) is 3.04. The second-order valence-corrected chi connectivity index (χ2v) is 9.08. The van der Waals surface area contributed by atoms with Crippen molar-refractivity contribution in [2.45, 2.75) is 41.8 Å². The zero-order valence-corrected chi connectivity index (χ0v) is 12.6. The number of aliphatic hydroxyl groups excluding tert-OH is 1. The quantitative estimate of drug-likeness (QED) is 0.420. The van der Waals surface area contributed by atoms with Crippen molar-refractivity contribution in [3.05, 3.63) is 12.2 Å². The van der Waals surface area contributed by atoms with E-state index in [1.54, 1.807) is 0 Å². The van der Waals surface area contributed by atoms with Gasteiger partial charge in [-0.3, -0.25) is 0 Å². The molecule has 0 bridgehead atoms. The number of carbonyl (C=O) groups excluding carboxylic acids is 2. The van der Waals surface area contributed by atoms with Crippen molar-refractivity contribution in [2.24, 2.45) is 11.8 Å². The van der Waals surface area contributed by atoms with E-state index >= 15 is 0 Å². The molecule has 0 aromatic carbocycles. The molecule has 2 saturated heterocycles. The van der Waals surface area contributed by atoms with E-state index in [2.05, 4.69) is 11.4 Å². The number of β-lactam (4-membered cyclic amide) rings is 1. The van der Waals surface area contributed by atoms with Crippen LogP contribution in [0.2, 0.25) is 3.46 Å². The summed E-state index contributed by atoms with van der Waals surface area (Å²) in [5, 5.41) is 13.5. The average Bonchev–Trinajstić information content (AvgIpc) is 2.60. The number of allylic oxidation sites excluding steroid dienone is 1. The molecule has 98 valence electrons. The van der Waals surface area contributed by atoms with Gasteiger partial charge >= 0.3 is 116 Å². The van der Waals surface area contributed by atoms with E-state index in [4.69, 9.17) is 0 Å². The fourth-order valence-electron chi connectivity index (χ4n) is 3.22. The predicted molar refractivity (Wildman–Crippen MR) is 67.0 cm³/mol. The minimum atomic E-state index is -1.11. The van der Waals surface area contributed by atoms with Crippen molar-refractivity contribution >= 4 is 30.7 Å². The van der Waals surface area contributed by atoms with Crippen molar-refractivity contribution in [3.63, 3.8) is 0 Å². The van der Waals surface area contributed by atoms with Gasteiger partial charge in [-0.15, -0.1) is 0 Å². The predicted octanol–water partition coefficient (Wildman–Crippen LogP) is 0.241. The second-order valence-electron chi connectivity index (χ2n) is 5.42. The third-order valence-electron chi connectivity index (χ3n) is 4.38.